The Morgan fingerprint density at radius 1 is 0.926 bits per heavy atom. The highest BCUT2D eigenvalue weighted by atomic mass is 35.5. The summed E-state index contributed by atoms with van der Waals surface area (Å²) in [7, 11) is 0. The molecule has 1 saturated heterocycles. The summed E-state index contributed by atoms with van der Waals surface area (Å²) in [5.74, 6) is -0.374. The number of nitro benzene ring substituents is 1. The molecule has 8 heteroatoms. The molecule has 0 spiro atoms. The number of hydrogen-bond donors (Lipinski definition) is 0. The van der Waals surface area contributed by atoms with Gasteiger partial charge in [-0.2, -0.15) is 0 Å². The number of piperazine rings is 1. The lowest BCUT2D eigenvalue weighted by atomic mass is 10.1. The average Bonchev–Trinajstić information content (AvgIpc) is 2.68. The molecule has 2 aromatic carbocycles. The lowest BCUT2D eigenvalue weighted by Crippen LogP contribution is -2.50. The largest absolute Gasteiger partial charge is 0.335 e. The summed E-state index contributed by atoms with van der Waals surface area (Å²) in [6.45, 7) is 3.19. The number of rotatable bonds is 3. The maximum atomic E-state index is 12.7. The first-order valence-electron chi connectivity index (χ1n) is 8.46. The summed E-state index contributed by atoms with van der Waals surface area (Å²) in [6.07, 6.45) is 0. The van der Waals surface area contributed by atoms with E-state index >= 15 is 0 Å². The standard InChI is InChI=1S/C19H18ClN3O4/c1-13-2-3-15(12-17(13)23(26)27)19(25)22-10-8-21(9-11-22)18(24)14-4-6-16(20)7-5-14/h2-7,12H,8-11H2,1H3. The second kappa shape index (κ2) is 7.75. The Balaban J connectivity index is 1.66. The van der Waals surface area contributed by atoms with E-state index in [1.165, 1.54) is 6.07 Å². The maximum absolute atomic E-state index is 12.7. The minimum absolute atomic E-state index is 0.0718. The SMILES string of the molecule is Cc1ccc(C(=O)N2CCN(C(=O)c3ccc(Cl)cc3)CC2)cc1[N+](=O)[O-]. The topological polar surface area (TPSA) is 83.8 Å². The number of carbonyl (C=O) groups excluding carboxylic acids is 2. The van der Waals surface area contributed by atoms with Gasteiger partial charge in [-0.05, 0) is 37.3 Å². The number of nitro groups is 1. The van der Waals surface area contributed by atoms with Crippen LogP contribution in [-0.2, 0) is 0 Å². The summed E-state index contributed by atoms with van der Waals surface area (Å²) in [5, 5.41) is 11.6. The van der Waals surface area contributed by atoms with Gasteiger partial charge in [0.25, 0.3) is 17.5 Å². The number of halogens is 1. The molecule has 0 radical (unpaired) electrons. The van der Waals surface area contributed by atoms with Crippen LogP contribution in [0.2, 0.25) is 5.02 Å². The highest BCUT2D eigenvalue weighted by Gasteiger charge is 2.26. The van der Waals surface area contributed by atoms with E-state index in [-0.39, 0.29) is 23.1 Å². The average molecular weight is 388 g/mol. The molecule has 140 valence electrons. The van der Waals surface area contributed by atoms with Gasteiger partial charge in [0.2, 0.25) is 0 Å². The fraction of sp³-hybridized carbons (Fsp3) is 0.263. The van der Waals surface area contributed by atoms with Gasteiger partial charge >= 0.3 is 0 Å². The zero-order chi connectivity index (χ0) is 19.6. The molecular formula is C19H18ClN3O4. The van der Waals surface area contributed by atoms with Gasteiger partial charge in [0.15, 0.2) is 0 Å². The Morgan fingerprint density at radius 2 is 1.41 bits per heavy atom. The lowest BCUT2D eigenvalue weighted by Gasteiger charge is -2.34. The van der Waals surface area contributed by atoms with E-state index in [4.69, 9.17) is 11.6 Å². The summed E-state index contributed by atoms with van der Waals surface area (Å²) in [6, 6.07) is 11.2. The van der Waals surface area contributed by atoms with Crippen LogP contribution in [-0.4, -0.2) is 52.7 Å². The quantitative estimate of drug-likeness (QED) is 0.598. The van der Waals surface area contributed by atoms with Gasteiger partial charge in [-0.15, -0.1) is 0 Å². The van der Waals surface area contributed by atoms with Crippen molar-refractivity contribution in [2.24, 2.45) is 0 Å². The highest BCUT2D eigenvalue weighted by molar-refractivity contribution is 6.30. The van der Waals surface area contributed by atoms with Crippen molar-refractivity contribution in [3.05, 3.63) is 74.3 Å². The molecule has 0 saturated carbocycles. The van der Waals surface area contributed by atoms with Gasteiger partial charge < -0.3 is 9.80 Å². The van der Waals surface area contributed by atoms with Crippen molar-refractivity contribution in [3.63, 3.8) is 0 Å². The van der Waals surface area contributed by atoms with Crippen LogP contribution in [0.25, 0.3) is 0 Å². The summed E-state index contributed by atoms with van der Waals surface area (Å²) >= 11 is 5.84. The van der Waals surface area contributed by atoms with Crippen molar-refractivity contribution in [1.82, 2.24) is 9.80 Å². The van der Waals surface area contributed by atoms with Crippen LogP contribution in [0.1, 0.15) is 26.3 Å². The molecule has 1 aliphatic heterocycles. The van der Waals surface area contributed by atoms with Crippen molar-refractivity contribution < 1.29 is 14.5 Å². The molecule has 7 nitrogen and oxygen atoms in total. The third-order valence-corrected chi connectivity index (χ3v) is 4.85. The van der Waals surface area contributed by atoms with Crippen molar-refractivity contribution >= 4 is 29.1 Å². The Kier molecular flexibility index (Phi) is 5.41. The van der Waals surface area contributed by atoms with Gasteiger partial charge in [0.1, 0.15) is 0 Å². The van der Waals surface area contributed by atoms with Crippen molar-refractivity contribution in [2.45, 2.75) is 6.92 Å². The Bertz CT molecular complexity index is 890. The minimum Gasteiger partial charge on any atom is -0.335 e. The number of benzene rings is 2. The normalized spacial score (nSPS) is 14.1. The van der Waals surface area contributed by atoms with Crippen molar-refractivity contribution in [1.29, 1.82) is 0 Å². The zero-order valence-corrected chi connectivity index (χ0v) is 15.5. The third-order valence-electron chi connectivity index (χ3n) is 4.60. The van der Waals surface area contributed by atoms with E-state index < -0.39 is 4.92 Å². The van der Waals surface area contributed by atoms with Gasteiger partial charge in [-0.1, -0.05) is 17.7 Å². The van der Waals surface area contributed by atoms with Crippen LogP contribution < -0.4 is 0 Å². The maximum Gasteiger partial charge on any atom is 0.273 e. The molecule has 2 aromatic rings. The van der Waals surface area contributed by atoms with E-state index in [1.807, 2.05) is 0 Å². The summed E-state index contributed by atoms with van der Waals surface area (Å²) in [4.78, 5) is 39.1. The predicted octanol–water partition coefficient (Wildman–Crippen LogP) is 3.15. The Morgan fingerprint density at radius 3 is 1.93 bits per heavy atom. The van der Waals surface area contributed by atoms with E-state index in [1.54, 1.807) is 53.1 Å². The summed E-state index contributed by atoms with van der Waals surface area (Å²) in [5.41, 5.74) is 1.27. The molecule has 0 aliphatic carbocycles. The first kappa shape index (κ1) is 18.8. The summed E-state index contributed by atoms with van der Waals surface area (Å²) < 4.78 is 0. The van der Waals surface area contributed by atoms with Crippen LogP contribution in [0.4, 0.5) is 5.69 Å². The van der Waals surface area contributed by atoms with Crippen LogP contribution in [0.3, 0.4) is 0 Å². The number of aryl methyl sites for hydroxylation is 1. The second-order valence-electron chi connectivity index (χ2n) is 6.35. The number of carbonyl (C=O) groups is 2. The van der Waals surface area contributed by atoms with E-state index in [0.29, 0.717) is 42.3 Å². The molecule has 3 rings (SSSR count). The third kappa shape index (κ3) is 4.09. The van der Waals surface area contributed by atoms with E-state index in [9.17, 15) is 19.7 Å². The molecular weight excluding hydrogens is 370 g/mol. The van der Waals surface area contributed by atoms with Crippen LogP contribution >= 0.6 is 11.6 Å². The molecule has 0 bridgehead atoms. The van der Waals surface area contributed by atoms with Gasteiger partial charge in [-0.25, -0.2) is 0 Å². The molecule has 27 heavy (non-hydrogen) atoms. The van der Waals surface area contributed by atoms with Crippen LogP contribution in [0, 0.1) is 17.0 Å². The lowest BCUT2D eigenvalue weighted by molar-refractivity contribution is -0.385. The zero-order valence-electron chi connectivity index (χ0n) is 14.7. The Hall–Kier alpha value is -2.93. The van der Waals surface area contributed by atoms with E-state index in [2.05, 4.69) is 0 Å². The molecule has 2 amide bonds. The van der Waals surface area contributed by atoms with Crippen molar-refractivity contribution in [2.75, 3.05) is 26.2 Å². The molecule has 0 unspecified atom stereocenters. The van der Waals surface area contributed by atoms with Gasteiger partial charge in [-0.3, -0.25) is 19.7 Å². The van der Waals surface area contributed by atoms with Gasteiger partial charge in [0, 0.05) is 54.0 Å². The molecule has 0 aromatic heterocycles. The molecule has 1 aliphatic rings. The second-order valence-corrected chi connectivity index (χ2v) is 6.79. The number of hydrogen-bond acceptors (Lipinski definition) is 4. The first-order valence-corrected chi connectivity index (χ1v) is 8.84. The molecule has 1 fully saturated rings. The smallest absolute Gasteiger partial charge is 0.273 e. The van der Waals surface area contributed by atoms with Gasteiger partial charge in [0.05, 0.1) is 4.92 Å². The van der Waals surface area contributed by atoms with Crippen LogP contribution in [0.15, 0.2) is 42.5 Å². The molecule has 0 atom stereocenters. The molecule has 0 N–H and O–H groups in total. The molecule has 1 heterocycles. The fourth-order valence-corrected chi connectivity index (χ4v) is 3.14. The van der Waals surface area contributed by atoms with Crippen molar-refractivity contribution in [3.8, 4) is 0 Å². The number of amides is 2. The first-order chi connectivity index (χ1) is 12.9. The highest BCUT2D eigenvalue weighted by Crippen LogP contribution is 2.21. The minimum atomic E-state index is -0.491. The van der Waals surface area contributed by atoms with Crippen LogP contribution in [0.5, 0.6) is 0 Å². The predicted molar refractivity (Wildman–Crippen MR) is 101 cm³/mol. The number of nitrogens with zero attached hydrogens (tertiary/aromatic N) is 3. The monoisotopic (exact) mass is 387 g/mol. The Labute approximate surface area is 161 Å². The fourth-order valence-electron chi connectivity index (χ4n) is 3.01. The van der Waals surface area contributed by atoms with E-state index in [0.717, 1.165) is 0 Å².